The fourth-order valence-corrected chi connectivity index (χ4v) is 1.28. The number of nitrogens with zero attached hydrogens (tertiary/aromatic N) is 1. The fraction of sp³-hybridized carbons (Fsp3) is 0.444. The van der Waals surface area contributed by atoms with Crippen molar-refractivity contribution in [3.63, 3.8) is 0 Å². The first-order valence-electron chi connectivity index (χ1n) is 4.13. The Morgan fingerprint density at radius 2 is 2.23 bits per heavy atom. The average Bonchev–Trinajstić information content (AvgIpc) is 2.04. The van der Waals surface area contributed by atoms with Crippen LogP contribution in [0.1, 0.15) is 16.8 Å². The van der Waals surface area contributed by atoms with Gasteiger partial charge in [-0.15, -0.1) is 0 Å². The van der Waals surface area contributed by atoms with Crippen molar-refractivity contribution >= 4 is 5.82 Å². The van der Waals surface area contributed by atoms with Crippen LogP contribution in [0.4, 0.5) is 5.82 Å². The maximum absolute atomic E-state index is 5.72. The first-order valence-corrected chi connectivity index (χ1v) is 4.13. The summed E-state index contributed by atoms with van der Waals surface area (Å²) >= 11 is 0. The minimum absolute atomic E-state index is 0.429. The minimum Gasteiger partial charge on any atom is -0.383 e. The van der Waals surface area contributed by atoms with Crippen molar-refractivity contribution in [3.8, 4) is 0 Å². The van der Waals surface area contributed by atoms with Gasteiger partial charge in [-0.1, -0.05) is 0 Å². The molecule has 0 radical (unpaired) electrons. The molecule has 72 valence electrons. The van der Waals surface area contributed by atoms with Crippen LogP contribution in [0, 0.1) is 6.92 Å². The molecular formula is C9H15N3O. The van der Waals surface area contributed by atoms with E-state index in [0.29, 0.717) is 19.0 Å². The number of nitrogens with two attached hydrogens (primary N) is 2. The third-order valence-electron chi connectivity index (χ3n) is 1.93. The number of pyridine rings is 1. The largest absolute Gasteiger partial charge is 0.383 e. The predicted molar refractivity (Wildman–Crippen MR) is 52.0 cm³/mol. The van der Waals surface area contributed by atoms with Crippen LogP contribution in [0.3, 0.4) is 0 Å². The molecule has 0 aliphatic heterocycles. The number of ether oxygens (including phenoxy) is 1. The monoisotopic (exact) mass is 181 g/mol. The van der Waals surface area contributed by atoms with E-state index >= 15 is 0 Å². The molecule has 0 amide bonds. The summed E-state index contributed by atoms with van der Waals surface area (Å²) < 4.78 is 4.96. The van der Waals surface area contributed by atoms with Crippen molar-refractivity contribution < 1.29 is 4.74 Å². The van der Waals surface area contributed by atoms with Gasteiger partial charge < -0.3 is 16.2 Å². The van der Waals surface area contributed by atoms with Gasteiger partial charge in [0.2, 0.25) is 0 Å². The van der Waals surface area contributed by atoms with Crippen LogP contribution in [0.15, 0.2) is 6.07 Å². The molecule has 0 aliphatic rings. The third-order valence-corrected chi connectivity index (χ3v) is 1.93. The molecular weight excluding hydrogens is 166 g/mol. The highest BCUT2D eigenvalue weighted by atomic mass is 16.5. The van der Waals surface area contributed by atoms with Crippen molar-refractivity contribution in [2.75, 3.05) is 12.8 Å². The lowest BCUT2D eigenvalue weighted by atomic mass is 10.1. The summed E-state index contributed by atoms with van der Waals surface area (Å²) in [6.45, 7) is 2.88. The highest BCUT2D eigenvalue weighted by Gasteiger charge is 2.05. The van der Waals surface area contributed by atoms with Crippen LogP contribution in [0.5, 0.6) is 0 Å². The third kappa shape index (κ3) is 2.17. The molecule has 0 aromatic carbocycles. The molecule has 0 unspecified atom stereocenters. The van der Waals surface area contributed by atoms with Gasteiger partial charge in [-0.3, -0.25) is 0 Å². The van der Waals surface area contributed by atoms with E-state index in [-0.39, 0.29) is 0 Å². The van der Waals surface area contributed by atoms with Crippen LogP contribution in [0.25, 0.3) is 0 Å². The number of methoxy groups -OCH3 is 1. The molecule has 4 nitrogen and oxygen atoms in total. The van der Waals surface area contributed by atoms with Crippen molar-refractivity contribution in [1.29, 1.82) is 0 Å². The Morgan fingerprint density at radius 1 is 1.54 bits per heavy atom. The van der Waals surface area contributed by atoms with Gasteiger partial charge in [-0.05, 0) is 18.6 Å². The Kier molecular flexibility index (Phi) is 3.22. The standard InChI is InChI=1S/C9H15N3O/c1-6-3-7(5-13-2)12-9(11)8(6)4-10/h3H,4-5,10H2,1-2H3,(H2,11,12). The Hall–Kier alpha value is -1.13. The molecule has 4 N–H and O–H groups in total. The topological polar surface area (TPSA) is 74.2 Å². The zero-order chi connectivity index (χ0) is 9.84. The van der Waals surface area contributed by atoms with Crippen LogP contribution >= 0.6 is 0 Å². The number of nitrogen functional groups attached to an aromatic ring is 1. The second-order valence-corrected chi connectivity index (χ2v) is 2.93. The molecule has 0 fully saturated rings. The van der Waals surface area contributed by atoms with Gasteiger partial charge >= 0.3 is 0 Å². The Morgan fingerprint density at radius 3 is 2.69 bits per heavy atom. The van der Waals surface area contributed by atoms with E-state index in [0.717, 1.165) is 16.8 Å². The van der Waals surface area contributed by atoms with Gasteiger partial charge in [-0.2, -0.15) is 0 Å². The van der Waals surface area contributed by atoms with Crippen molar-refractivity contribution in [2.45, 2.75) is 20.1 Å². The zero-order valence-corrected chi connectivity index (χ0v) is 8.00. The summed E-state index contributed by atoms with van der Waals surface area (Å²) in [7, 11) is 1.63. The highest BCUT2D eigenvalue weighted by Crippen LogP contribution is 2.15. The van der Waals surface area contributed by atoms with Gasteiger partial charge in [0.1, 0.15) is 5.82 Å². The molecule has 0 saturated carbocycles. The number of aromatic nitrogens is 1. The molecule has 0 aliphatic carbocycles. The van der Waals surface area contributed by atoms with Gasteiger partial charge in [-0.25, -0.2) is 4.98 Å². The maximum Gasteiger partial charge on any atom is 0.128 e. The molecule has 0 atom stereocenters. The lowest BCUT2D eigenvalue weighted by molar-refractivity contribution is 0.181. The zero-order valence-electron chi connectivity index (χ0n) is 8.00. The number of hydrogen-bond donors (Lipinski definition) is 2. The first kappa shape index (κ1) is 9.95. The SMILES string of the molecule is COCc1cc(C)c(CN)c(N)n1. The second kappa shape index (κ2) is 4.20. The van der Waals surface area contributed by atoms with Gasteiger partial charge in [0.25, 0.3) is 0 Å². The van der Waals surface area contributed by atoms with E-state index < -0.39 is 0 Å². The summed E-state index contributed by atoms with van der Waals surface area (Å²) in [6.07, 6.45) is 0. The number of rotatable bonds is 3. The molecule has 1 aromatic heterocycles. The Balaban J connectivity index is 3.05. The van der Waals surface area contributed by atoms with Crippen LogP contribution in [-0.2, 0) is 17.9 Å². The summed E-state index contributed by atoms with van der Waals surface area (Å²) in [6, 6.07) is 1.95. The minimum atomic E-state index is 0.429. The van der Waals surface area contributed by atoms with Gasteiger partial charge in [0.15, 0.2) is 0 Å². The molecule has 0 bridgehead atoms. The lowest BCUT2D eigenvalue weighted by Gasteiger charge is -2.08. The van der Waals surface area contributed by atoms with Crippen molar-refractivity contribution in [1.82, 2.24) is 4.98 Å². The number of anilines is 1. The van der Waals surface area contributed by atoms with Crippen LogP contribution in [0.2, 0.25) is 0 Å². The van der Waals surface area contributed by atoms with E-state index in [1.807, 2.05) is 13.0 Å². The van der Waals surface area contributed by atoms with E-state index in [4.69, 9.17) is 16.2 Å². The maximum atomic E-state index is 5.72. The summed E-state index contributed by atoms with van der Waals surface area (Å²) in [5.41, 5.74) is 14.1. The van der Waals surface area contributed by atoms with Gasteiger partial charge in [0, 0.05) is 19.2 Å². The quantitative estimate of drug-likeness (QED) is 0.715. The normalized spacial score (nSPS) is 10.4. The van der Waals surface area contributed by atoms with E-state index in [9.17, 15) is 0 Å². The molecule has 1 aromatic rings. The molecule has 0 saturated heterocycles. The van der Waals surface area contributed by atoms with Crippen LogP contribution < -0.4 is 11.5 Å². The molecule has 0 spiro atoms. The average molecular weight is 181 g/mol. The summed E-state index contributed by atoms with van der Waals surface area (Å²) in [4.78, 5) is 4.17. The smallest absolute Gasteiger partial charge is 0.128 e. The molecule has 4 heteroatoms. The predicted octanol–water partition coefficient (Wildman–Crippen LogP) is 0.577. The summed E-state index contributed by atoms with van der Waals surface area (Å²) in [5.74, 6) is 0.509. The van der Waals surface area contributed by atoms with Crippen molar-refractivity contribution in [3.05, 3.63) is 22.9 Å². The first-order chi connectivity index (χ1) is 6.19. The van der Waals surface area contributed by atoms with E-state index in [1.54, 1.807) is 7.11 Å². The Labute approximate surface area is 77.9 Å². The summed E-state index contributed by atoms with van der Waals surface area (Å²) in [5, 5.41) is 0. The van der Waals surface area contributed by atoms with Gasteiger partial charge in [0.05, 0.1) is 12.3 Å². The van der Waals surface area contributed by atoms with Crippen LogP contribution in [-0.4, -0.2) is 12.1 Å². The second-order valence-electron chi connectivity index (χ2n) is 2.93. The number of aryl methyl sites for hydroxylation is 1. The van der Waals surface area contributed by atoms with E-state index in [1.165, 1.54) is 0 Å². The highest BCUT2D eigenvalue weighted by molar-refractivity contribution is 5.45. The fourth-order valence-electron chi connectivity index (χ4n) is 1.28. The molecule has 1 rings (SSSR count). The molecule has 13 heavy (non-hydrogen) atoms. The Bertz CT molecular complexity index is 276. The lowest BCUT2D eigenvalue weighted by Crippen LogP contribution is -2.08. The van der Waals surface area contributed by atoms with E-state index in [2.05, 4.69) is 4.98 Å². The van der Waals surface area contributed by atoms with Crippen molar-refractivity contribution in [2.24, 2.45) is 5.73 Å². The number of hydrogen-bond acceptors (Lipinski definition) is 4. The molecule has 1 heterocycles.